The van der Waals surface area contributed by atoms with Crippen molar-refractivity contribution in [3.63, 3.8) is 0 Å². The summed E-state index contributed by atoms with van der Waals surface area (Å²) in [6.45, 7) is 3.99. The van der Waals surface area contributed by atoms with Gasteiger partial charge in [-0.1, -0.05) is 42.6 Å². The number of aromatic hydroxyl groups is 1. The Balaban J connectivity index is 1.86. The molecular formula is C17H22BrNO4. The summed E-state index contributed by atoms with van der Waals surface area (Å²) < 4.78 is 5.65. The second-order valence-corrected chi connectivity index (χ2v) is 7.09. The molecule has 0 radical (unpaired) electrons. The highest BCUT2D eigenvalue weighted by molar-refractivity contribution is 9.10. The second kappa shape index (κ2) is 7.81. The van der Waals surface area contributed by atoms with Crippen LogP contribution >= 0.6 is 15.9 Å². The third-order valence-electron chi connectivity index (χ3n) is 4.57. The van der Waals surface area contributed by atoms with Gasteiger partial charge in [0.2, 0.25) is 0 Å². The predicted octanol–water partition coefficient (Wildman–Crippen LogP) is 3.25. The van der Waals surface area contributed by atoms with Gasteiger partial charge in [-0.2, -0.15) is 0 Å². The molecule has 6 heteroatoms. The van der Waals surface area contributed by atoms with E-state index < -0.39 is 5.97 Å². The average molecular weight is 384 g/mol. The van der Waals surface area contributed by atoms with Gasteiger partial charge in [-0.05, 0) is 36.5 Å². The zero-order chi connectivity index (χ0) is 17.0. The molecule has 5 nitrogen and oxygen atoms in total. The predicted molar refractivity (Wildman–Crippen MR) is 90.2 cm³/mol. The molecule has 23 heavy (non-hydrogen) atoms. The molecule has 126 valence electrons. The standard InChI is InChI=1S/C17H22BrNO4/c1-10-4-3-5-14(11(10)2)19-16(21)9-23-17(22)13-8-12(18)6-7-15(13)20/h6-8,10-11,14,20H,3-5,9H2,1-2H3,(H,19,21)/t10-,11+,14-/m0/s1. The Morgan fingerprint density at radius 3 is 2.83 bits per heavy atom. The third-order valence-corrected chi connectivity index (χ3v) is 5.06. The highest BCUT2D eigenvalue weighted by atomic mass is 79.9. The van der Waals surface area contributed by atoms with Crippen molar-refractivity contribution in [3.05, 3.63) is 28.2 Å². The summed E-state index contributed by atoms with van der Waals surface area (Å²) in [5, 5.41) is 12.6. The molecule has 3 atom stereocenters. The molecule has 1 aromatic carbocycles. The maximum atomic E-state index is 12.0. The Kier molecular flexibility index (Phi) is 6.04. The van der Waals surface area contributed by atoms with E-state index in [0.717, 1.165) is 12.8 Å². The number of halogens is 1. The van der Waals surface area contributed by atoms with Crippen molar-refractivity contribution < 1.29 is 19.4 Å². The quantitative estimate of drug-likeness (QED) is 0.782. The van der Waals surface area contributed by atoms with Crippen molar-refractivity contribution in [2.75, 3.05) is 6.61 Å². The molecule has 1 amide bonds. The summed E-state index contributed by atoms with van der Waals surface area (Å²) >= 11 is 3.22. The van der Waals surface area contributed by atoms with Gasteiger partial charge in [-0.3, -0.25) is 4.79 Å². The lowest BCUT2D eigenvalue weighted by atomic mass is 9.78. The van der Waals surface area contributed by atoms with Gasteiger partial charge in [0.15, 0.2) is 6.61 Å². The van der Waals surface area contributed by atoms with E-state index in [4.69, 9.17) is 4.74 Å². The highest BCUT2D eigenvalue weighted by Gasteiger charge is 2.28. The van der Waals surface area contributed by atoms with Gasteiger partial charge >= 0.3 is 5.97 Å². The summed E-state index contributed by atoms with van der Waals surface area (Å²) in [4.78, 5) is 23.9. The molecule has 1 aromatic rings. The fourth-order valence-electron chi connectivity index (χ4n) is 2.91. The zero-order valence-electron chi connectivity index (χ0n) is 13.3. The number of ether oxygens (including phenoxy) is 1. The van der Waals surface area contributed by atoms with E-state index in [0.29, 0.717) is 16.3 Å². The van der Waals surface area contributed by atoms with E-state index in [9.17, 15) is 14.7 Å². The summed E-state index contributed by atoms with van der Waals surface area (Å²) in [5.74, 6) is -0.205. The Labute approximate surface area is 144 Å². The molecule has 1 aliphatic carbocycles. The first-order chi connectivity index (χ1) is 10.9. The van der Waals surface area contributed by atoms with Crippen molar-refractivity contribution in [3.8, 4) is 5.75 Å². The molecule has 2 rings (SSSR count). The van der Waals surface area contributed by atoms with Gasteiger partial charge in [-0.15, -0.1) is 0 Å². The third kappa shape index (κ3) is 4.70. The first-order valence-corrected chi connectivity index (χ1v) is 8.62. The first-order valence-electron chi connectivity index (χ1n) is 7.83. The van der Waals surface area contributed by atoms with Gasteiger partial charge in [0.1, 0.15) is 11.3 Å². The molecule has 0 heterocycles. The van der Waals surface area contributed by atoms with Crippen LogP contribution < -0.4 is 5.32 Å². The van der Waals surface area contributed by atoms with Crippen molar-refractivity contribution in [1.82, 2.24) is 5.32 Å². The number of phenols is 1. The van der Waals surface area contributed by atoms with E-state index in [2.05, 4.69) is 35.1 Å². The lowest BCUT2D eigenvalue weighted by Crippen LogP contribution is -2.45. The molecule has 2 N–H and O–H groups in total. The molecular weight excluding hydrogens is 362 g/mol. The van der Waals surface area contributed by atoms with Crippen LogP contribution in [-0.4, -0.2) is 29.6 Å². The van der Waals surface area contributed by atoms with Gasteiger partial charge in [0, 0.05) is 10.5 Å². The molecule has 0 saturated heterocycles. The first kappa shape index (κ1) is 17.8. The van der Waals surface area contributed by atoms with E-state index in [1.807, 2.05) is 0 Å². The maximum absolute atomic E-state index is 12.0. The van der Waals surface area contributed by atoms with Crippen LogP contribution in [0.1, 0.15) is 43.5 Å². The Morgan fingerprint density at radius 2 is 2.09 bits per heavy atom. The Bertz CT molecular complexity index is 590. The van der Waals surface area contributed by atoms with Crippen LogP contribution in [0.3, 0.4) is 0 Å². The normalized spacial score (nSPS) is 24.0. The number of nitrogens with one attached hydrogen (secondary N) is 1. The molecule has 0 spiro atoms. The minimum atomic E-state index is -0.719. The number of rotatable bonds is 4. The Hall–Kier alpha value is -1.56. The van der Waals surface area contributed by atoms with E-state index in [-0.39, 0.29) is 29.9 Å². The second-order valence-electron chi connectivity index (χ2n) is 6.18. The summed E-state index contributed by atoms with van der Waals surface area (Å²) in [7, 11) is 0. The monoisotopic (exact) mass is 383 g/mol. The molecule has 0 unspecified atom stereocenters. The van der Waals surface area contributed by atoms with Crippen LogP contribution in [0, 0.1) is 11.8 Å². The number of hydrogen-bond donors (Lipinski definition) is 2. The van der Waals surface area contributed by atoms with Crippen molar-refractivity contribution in [2.45, 2.75) is 39.2 Å². The van der Waals surface area contributed by atoms with Crippen molar-refractivity contribution in [2.24, 2.45) is 11.8 Å². The van der Waals surface area contributed by atoms with Gasteiger partial charge in [0.25, 0.3) is 5.91 Å². The zero-order valence-corrected chi connectivity index (χ0v) is 14.9. The van der Waals surface area contributed by atoms with Crippen LogP contribution in [0.25, 0.3) is 0 Å². The lowest BCUT2D eigenvalue weighted by Gasteiger charge is -2.34. The molecule has 1 aliphatic rings. The molecule has 1 saturated carbocycles. The number of carbonyl (C=O) groups is 2. The fraction of sp³-hybridized carbons (Fsp3) is 0.529. The van der Waals surface area contributed by atoms with E-state index in [1.165, 1.54) is 18.6 Å². The maximum Gasteiger partial charge on any atom is 0.342 e. The molecule has 0 bridgehead atoms. The van der Waals surface area contributed by atoms with Crippen LogP contribution in [0.2, 0.25) is 0 Å². The molecule has 0 aromatic heterocycles. The van der Waals surface area contributed by atoms with Gasteiger partial charge < -0.3 is 15.2 Å². The Morgan fingerprint density at radius 1 is 1.35 bits per heavy atom. The number of phenolic OH excluding ortho intramolecular Hbond substituents is 1. The summed E-state index contributed by atoms with van der Waals surface area (Å²) in [6.07, 6.45) is 3.24. The van der Waals surface area contributed by atoms with E-state index >= 15 is 0 Å². The number of esters is 1. The topological polar surface area (TPSA) is 75.6 Å². The van der Waals surface area contributed by atoms with E-state index in [1.54, 1.807) is 6.07 Å². The minimum absolute atomic E-state index is 0.0341. The highest BCUT2D eigenvalue weighted by Crippen LogP contribution is 2.29. The lowest BCUT2D eigenvalue weighted by molar-refractivity contribution is -0.125. The fourth-order valence-corrected chi connectivity index (χ4v) is 3.28. The van der Waals surface area contributed by atoms with Crippen LogP contribution in [0.5, 0.6) is 5.75 Å². The smallest absolute Gasteiger partial charge is 0.342 e. The van der Waals surface area contributed by atoms with Gasteiger partial charge in [0.05, 0.1) is 0 Å². The number of hydrogen-bond acceptors (Lipinski definition) is 4. The SMILES string of the molecule is C[C@H]1[C@@H](NC(=O)COC(=O)c2cc(Br)ccc2O)CCC[C@@H]1C. The number of benzene rings is 1. The summed E-state index contributed by atoms with van der Waals surface area (Å²) in [5.41, 5.74) is 0.0341. The van der Waals surface area contributed by atoms with Crippen LogP contribution in [0.15, 0.2) is 22.7 Å². The van der Waals surface area contributed by atoms with Gasteiger partial charge in [-0.25, -0.2) is 4.79 Å². The van der Waals surface area contributed by atoms with Crippen LogP contribution in [0.4, 0.5) is 0 Å². The largest absolute Gasteiger partial charge is 0.507 e. The average Bonchev–Trinajstić information content (AvgIpc) is 2.52. The molecule has 1 fully saturated rings. The van der Waals surface area contributed by atoms with Crippen molar-refractivity contribution >= 4 is 27.8 Å². The number of carbonyl (C=O) groups excluding carboxylic acids is 2. The molecule has 0 aliphatic heterocycles. The van der Waals surface area contributed by atoms with Crippen LogP contribution in [-0.2, 0) is 9.53 Å². The van der Waals surface area contributed by atoms with Crippen molar-refractivity contribution in [1.29, 1.82) is 0 Å². The summed E-state index contributed by atoms with van der Waals surface area (Å²) in [6, 6.07) is 4.60. The minimum Gasteiger partial charge on any atom is -0.507 e. The number of amides is 1.